The third-order valence-electron chi connectivity index (χ3n) is 4.84. The summed E-state index contributed by atoms with van der Waals surface area (Å²) in [7, 11) is 1.62. The molecule has 3 aromatic heterocycles. The molecule has 10 nitrogen and oxygen atoms in total. The number of nitro benzene ring substituents is 1. The molecular formula is C20H15N7O3S. The van der Waals surface area contributed by atoms with Crippen LogP contribution in [0.4, 0.5) is 5.69 Å². The van der Waals surface area contributed by atoms with E-state index in [0.29, 0.717) is 27.1 Å². The Kier molecular flexibility index (Phi) is 4.44. The van der Waals surface area contributed by atoms with Crippen molar-refractivity contribution in [2.75, 3.05) is 7.11 Å². The highest BCUT2D eigenvalue weighted by atomic mass is 32.1. The van der Waals surface area contributed by atoms with Crippen molar-refractivity contribution in [1.29, 1.82) is 0 Å². The molecule has 154 valence electrons. The van der Waals surface area contributed by atoms with Crippen LogP contribution in [0.25, 0.3) is 38.3 Å². The number of aryl methyl sites for hydroxylation is 1. The first kappa shape index (κ1) is 18.9. The predicted octanol–water partition coefficient (Wildman–Crippen LogP) is 4.14. The SMILES string of the molecule is COc1ccc(-c2cc(-c3nnc4sc(-c5ccc([N+](=O)[O-])c(C)c5)nn34)[nH]n2)cc1. The molecule has 0 aliphatic carbocycles. The lowest BCUT2D eigenvalue weighted by atomic mass is 10.1. The van der Waals surface area contributed by atoms with Gasteiger partial charge in [0, 0.05) is 22.8 Å². The van der Waals surface area contributed by atoms with Crippen molar-refractivity contribution in [3.8, 4) is 39.1 Å². The lowest BCUT2D eigenvalue weighted by Gasteiger charge is -2.00. The van der Waals surface area contributed by atoms with Crippen molar-refractivity contribution >= 4 is 22.0 Å². The number of H-pyrrole nitrogens is 1. The molecule has 3 heterocycles. The highest BCUT2D eigenvalue weighted by Gasteiger charge is 2.18. The summed E-state index contributed by atoms with van der Waals surface area (Å²) in [4.78, 5) is 11.3. The van der Waals surface area contributed by atoms with Crippen LogP contribution in [0.3, 0.4) is 0 Å². The van der Waals surface area contributed by atoms with Crippen LogP contribution in [0, 0.1) is 17.0 Å². The van der Waals surface area contributed by atoms with E-state index in [1.165, 1.54) is 17.4 Å². The number of nitrogens with zero attached hydrogens (tertiary/aromatic N) is 6. The minimum absolute atomic E-state index is 0.0796. The zero-order chi connectivity index (χ0) is 21.5. The van der Waals surface area contributed by atoms with Gasteiger partial charge in [-0.25, -0.2) is 0 Å². The quantitative estimate of drug-likeness (QED) is 0.326. The molecule has 1 N–H and O–H groups in total. The molecule has 2 aromatic carbocycles. The largest absolute Gasteiger partial charge is 0.497 e. The minimum atomic E-state index is -0.394. The standard InChI is InChI=1S/C20H15N7O3S/c1-11-9-13(5-8-17(11)27(28)29)19-25-26-18(23-24-20(26)31-19)16-10-15(21-22-16)12-3-6-14(30-2)7-4-12/h3-10H,1-2H3,(H,21,22). The van der Waals surface area contributed by atoms with Crippen molar-refractivity contribution in [2.24, 2.45) is 0 Å². The lowest BCUT2D eigenvalue weighted by molar-refractivity contribution is -0.385. The van der Waals surface area contributed by atoms with Gasteiger partial charge in [0.15, 0.2) is 0 Å². The van der Waals surface area contributed by atoms with Crippen LogP contribution < -0.4 is 4.74 Å². The molecule has 5 aromatic rings. The van der Waals surface area contributed by atoms with Gasteiger partial charge in [-0.1, -0.05) is 11.3 Å². The fraction of sp³-hybridized carbons (Fsp3) is 0.100. The number of ether oxygens (including phenoxy) is 1. The zero-order valence-electron chi connectivity index (χ0n) is 16.4. The first-order chi connectivity index (χ1) is 15.0. The second-order valence-electron chi connectivity index (χ2n) is 6.78. The number of methoxy groups -OCH3 is 1. The Balaban J connectivity index is 1.49. The highest BCUT2D eigenvalue weighted by Crippen LogP contribution is 2.31. The molecule has 0 unspecified atom stereocenters. The summed E-state index contributed by atoms with van der Waals surface area (Å²) >= 11 is 1.36. The number of nitro groups is 1. The van der Waals surface area contributed by atoms with Crippen molar-refractivity contribution in [1.82, 2.24) is 30.0 Å². The first-order valence-electron chi connectivity index (χ1n) is 9.21. The van der Waals surface area contributed by atoms with Gasteiger partial charge in [0.05, 0.1) is 17.7 Å². The van der Waals surface area contributed by atoms with E-state index < -0.39 is 4.92 Å². The predicted molar refractivity (Wildman–Crippen MR) is 115 cm³/mol. The number of benzene rings is 2. The van der Waals surface area contributed by atoms with E-state index in [9.17, 15) is 10.1 Å². The lowest BCUT2D eigenvalue weighted by Crippen LogP contribution is -1.93. The topological polar surface area (TPSA) is 124 Å². The molecule has 0 radical (unpaired) electrons. The molecule has 0 saturated carbocycles. The Bertz CT molecular complexity index is 1420. The smallest absolute Gasteiger partial charge is 0.272 e. The molecular weight excluding hydrogens is 418 g/mol. The van der Waals surface area contributed by atoms with Gasteiger partial charge in [0.2, 0.25) is 10.8 Å². The van der Waals surface area contributed by atoms with Crippen molar-refractivity contribution in [3.05, 3.63) is 64.2 Å². The van der Waals surface area contributed by atoms with E-state index >= 15 is 0 Å². The van der Waals surface area contributed by atoms with E-state index in [0.717, 1.165) is 22.6 Å². The van der Waals surface area contributed by atoms with Gasteiger partial charge in [0.1, 0.15) is 16.5 Å². The molecule has 0 bridgehead atoms. The van der Waals surface area contributed by atoms with E-state index in [1.54, 1.807) is 30.7 Å². The Morgan fingerprint density at radius 1 is 1.10 bits per heavy atom. The normalized spacial score (nSPS) is 11.2. The number of aromatic nitrogens is 6. The molecule has 11 heteroatoms. The fourth-order valence-electron chi connectivity index (χ4n) is 3.24. The van der Waals surface area contributed by atoms with Crippen LogP contribution in [0.15, 0.2) is 48.5 Å². The van der Waals surface area contributed by atoms with Crippen molar-refractivity contribution in [2.45, 2.75) is 6.92 Å². The van der Waals surface area contributed by atoms with Gasteiger partial charge in [0.25, 0.3) is 5.69 Å². The molecule has 0 amide bonds. The van der Waals surface area contributed by atoms with Gasteiger partial charge in [-0.15, -0.1) is 10.2 Å². The third kappa shape index (κ3) is 3.30. The molecule has 0 spiro atoms. The van der Waals surface area contributed by atoms with Crippen LogP contribution in [0.5, 0.6) is 5.75 Å². The molecule has 0 saturated heterocycles. The average Bonchev–Trinajstić information content (AvgIpc) is 3.49. The van der Waals surface area contributed by atoms with E-state index in [2.05, 4.69) is 25.5 Å². The van der Waals surface area contributed by atoms with Crippen LogP contribution in [-0.2, 0) is 0 Å². The van der Waals surface area contributed by atoms with Crippen LogP contribution in [-0.4, -0.2) is 42.0 Å². The third-order valence-corrected chi connectivity index (χ3v) is 5.78. The summed E-state index contributed by atoms with van der Waals surface area (Å²) in [6, 6.07) is 14.4. The highest BCUT2D eigenvalue weighted by molar-refractivity contribution is 7.19. The molecule has 0 fully saturated rings. The minimum Gasteiger partial charge on any atom is -0.497 e. The summed E-state index contributed by atoms with van der Waals surface area (Å²) in [5.74, 6) is 1.30. The number of fused-ring (bicyclic) bond motifs is 1. The first-order valence-corrected chi connectivity index (χ1v) is 10.0. The number of hydrogen-bond acceptors (Lipinski definition) is 8. The van der Waals surface area contributed by atoms with Gasteiger partial charge >= 0.3 is 0 Å². The van der Waals surface area contributed by atoms with Gasteiger partial charge in [-0.05, 0) is 49.4 Å². The number of rotatable bonds is 5. The summed E-state index contributed by atoms with van der Waals surface area (Å²) in [6.07, 6.45) is 0. The molecule has 0 aliphatic heterocycles. The van der Waals surface area contributed by atoms with Crippen LogP contribution in [0.1, 0.15) is 5.56 Å². The second kappa shape index (κ2) is 7.29. The summed E-state index contributed by atoms with van der Waals surface area (Å²) in [5, 5.41) is 32.2. The Hall–Kier alpha value is -4.12. The Morgan fingerprint density at radius 3 is 2.58 bits per heavy atom. The monoisotopic (exact) mass is 433 g/mol. The maximum atomic E-state index is 11.1. The van der Waals surface area contributed by atoms with Gasteiger partial charge in [-0.3, -0.25) is 15.2 Å². The number of aromatic amines is 1. The molecule has 0 aliphatic rings. The molecule has 5 rings (SSSR count). The van der Waals surface area contributed by atoms with Crippen LogP contribution >= 0.6 is 11.3 Å². The fourth-order valence-corrected chi connectivity index (χ4v) is 4.08. The van der Waals surface area contributed by atoms with E-state index in [1.807, 2.05) is 30.3 Å². The number of nitrogens with one attached hydrogen (secondary N) is 1. The zero-order valence-corrected chi connectivity index (χ0v) is 17.3. The maximum Gasteiger partial charge on any atom is 0.272 e. The summed E-state index contributed by atoms with van der Waals surface area (Å²) in [6.45, 7) is 1.71. The summed E-state index contributed by atoms with van der Waals surface area (Å²) in [5.41, 5.74) is 3.81. The molecule has 31 heavy (non-hydrogen) atoms. The van der Waals surface area contributed by atoms with E-state index in [4.69, 9.17) is 4.74 Å². The van der Waals surface area contributed by atoms with Gasteiger partial charge in [-0.2, -0.15) is 14.7 Å². The Labute approximate surface area is 179 Å². The van der Waals surface area contributed by atoms with Crippen molar-refractivity contribution < 1.29 is 9.66 Å². The van der Waals surface area contributed by atoms with E-state index in [-0.39, 0.29) is 5.69 Å². The van der Waals surface area contributed by atoms with Crippen molar-refractivity contribution in [3.63, 3.8) is 0 Å². The summed E-state index contributed by atoms with van der Waals surface area (Å²) < 4.78 is 6.83. The number of hydrogen-bond donors (Lipinski definition) is 1. The molecule has 0 atom stereocenters. The maximum absolute atomic E-state index is 11.1. The second-order valence-corrected chi connectivity index (χ2v) is 7.73. The van der Waals surface area contributed by atoms with Gasteiger partial charge < -0.3 is 4.74 Å². The van der Waals surface area contributed by atoms with Crippen LogP contribution in [0.2, 0.25) is 0 Å². The average molecular weight is 433 g/mol. The Morgan fingerprint density at radius 2 is 1.87 bits per heavy atom.